The number of aliphatic hydroxyl groups is 1. The number of aryl methyl sites for hydroxylation is 1. The van der Waals surface area contributed by atoms with Gasteiger partial charge in [-0.15, -0.1) is 0 Å². The van der Waals surface area contributed by atoms with Crippen LogP contribution in [-0.2, 0) is 6.42 Å². The smallest absolute Gasteiger partial charge is 0.119 e. The van der Waals surface area contributed by atoms with Gasteiger partial charge in [-0.25, -0.2) is 0 Å². The molecule has 0 unspecified atom stereocenters. The van der Waals surface area contributed by atoms with Crippen LogP contribution in [0.15, 0.2) is 48.5 Å². The van der Waals surface area contributed by atoms with Crippen molar-refractivity contribution in [1.29, 1.82) is 0 Å². The molecule has 2 nitrogen and oxygen atoms in total. The predicted octanol–water partition coefficient (Wildman–Crippen LogP) is 4.46. The first-order valence-electron chi connectivity index (χ1n) is 7.76. The third-order valence-electron chi connectivity index (χ3n) is 3.53. The van der Waals surface area contributed by atoms with Crippen molar-refractivity contribution in [3.05, 3.63) is 54.1 Å². The van der Waals surface area contributed by atoms with E-state index in [9.17, 15) is 0 Å². The van der Waals surface area contributed by atoms with Crippen molar-refractivity contribution in [2.24, 2.45) is 0 Å². The number of hydrogen-bond acceptors (Lipinski definition) is 2. The second-order valence-electron chi connectivity index (χ2n) is 5.25. The van der Waals surface area contributed by atoms with Gasteiger partial charge >= 0.3 is 0 Å². The lowest BCUT2D eigenvalue weighted by Gasteiger charge is -2.07. The van der Waals surface area contributed by atoms with Gasteiger partial charge in [0.15, 0.2) is 0 Å². The van der Waals surface area contributed by atoms with Gasteiger partial charge in [-0.2, -0.15) is 0 Å². The van der Waals surface area contributed by atoms with Gasteiger partial charge in [0.1, 0.15) is 5.75 Å². The second-order valence-corrected chi connectivity index (χ2v) is 5.25. The normalized spacial score (nSPS) is 10.6. The number of rotatable bonds is 8. The van der Waals surface area contributed by atoms with Gasteiger partial charge in [-0.3, -0.25) is 0 Å². The minimum absolute atomic E-state index is 0.251. The fraction of sp³-hybridized carbons (Fsp3) is 0.368. The highest BCUT2D eigenvalue weighted by molar-refractivity contribution is 5.64. The fourth-order valence-corrected chi connectivity index (χ4v) is 2.23. The number of unbranched alkanes of at least 4 members (excludes halogenated alkanes) is 1. The molecule has 0 heterocycles. The Morgan fingerprint density at radius 2 is 1.48 bits per heavy atom. The van der Waals surface area contributed by atoms with Crippen LogP contribution in [-0.4, -0.2) is 18.3 Å². The highest BCUT2D eigenvalue weighted by Gasteiger charge is 2.00. The number of ether oxygens (including phenoxy) is 1. The highest BCUT2D eigenvalue weighted by atomic mass is 16.5. The molecule has 0 saturated carbocycles. The van der Waals surface area contributed by atoms with Crippen LogP contribution in [0.4, 0.5) is 0 Å². The van der Waals surface area contributed by atoms with Crippen molar-refractivity contribution in [1.82, 2.24) is 0 Å². The molecule has 0 spiro atoms. The average molecular weight is 284 g/mol. The van der Waals surface area contributed by atoms with Gasteiger partial charge in [-0.05, 0) is 48.1 Å². The molecular weight excluding hydrogens is 260 g/mol. The van der Waals surface area contributed by atoms with E-state index in [2.05, 4.69) is 43.3 Å². The Bertz CT molecular complexity index is 514. The van der Waals surface area contributed by atoms with E-state index in [-0.39, 0.29) is 6.61 Å². The summed E-state index contributed by atoms with van der Waals surface area (Å²) in [5.74, 6) is 0.937. The Morgan fingerprint density at radius 1 is 0.857 bits per heavy atom. The Balaban J connectivity index is 1.97. The summed E-state index contributed by atoms with van der Waals surface area (Å²) in [5, 5.41) is 8.85. The summed E-state index contributed by atoms with van der Waals surface area (Å²) in [6.45, 7) is 3.20. The minimum atomic E-state index is 0.251. The van der Waals surface area contributed by atoms with E-state index >= 15 is 0 Å². The SMILES string of the molecule is CCCCOc1ccc(-c2ccc(CCCO)cc2)cc1. The maximum absolute atomic E-state index is 8.85. The van der Waals surface area contributed by atoms with E-state index in [1.807, 2.05) is 12.1 Å². The zero-order chi connectivity index (χ0) is 14.9. The van der Waals surface area contributed by atoms with Gasteiger partial charge in [0.2, 0.25) is 0 Å². The first kappa shape index (κ1) is 15.6. The summed E-state index contributed by atoms with van der Waals surface area (Å²) in [6.07, 6.45) is 4.00. The number of aliphatic hydroxyl groups excluding tert-OH is 1. The molecule has 0 fully saturated rings. The Kier molecular flexibility index (Phi) is 6.29. The zero-order valence-electron chi connectivity index (χ0n) is 12.7. The average Bonchev–Trinajstić information content (AvgIpc) is 2.54. The standard InChI is InChI=1S/C19H24O2/c1-2-3-15-21-19-12-10-18(11-13-19)17-8-6-16(7-9-17)5-4-14-20/h6-13,20H,2-5,14-15H2,1H3. The predicted molar refractivity (Wildman–Crippen MR) is 87.7 cm³/mol. The molecule has 0 radical (unpaired) electrons. The maximum Gasteiger partial charge on any atom is 0.119 e. The molecule has 2 heteroatoms. The molecule has 0 aromatic heterocycles. The fourth-order valence-electron chi connectivity index (χ4n) is 2.23. The lowest BCUT2D eigenvalue weighted by atomic mass is 10.0. The monoisotopic (exact) mass is 284 g/mol. The van der Waals surface area contributed by atoms with Crippen molar-refractivity contribution in [3.8, 4) is 16.9 Å². The molecule has 0 aliphatic carbocycles. The van der Waals surface area contributed by atoms with Gasteiger partial charge in [0.05, 0.1) is 6.61 Å². The second kappa shape index (κ2) is 8.48. The van der Waals surface area contributed by atoms with Crippen LogP contribution in [0.2, 0.25) is 0 Å². The molecule has 0 saturated heterocycles. The number of hydrogen-bond donors (Lipinski definition) is 1. The maximum atomic E-state index is 8.85. The van der Waals surface area contributed by atoms with E-state index in [1.165, 1.54) is 16.7 Å². The van der Waals surface area contributed by atoms with E-state index in [0.717, 1.165) is 38.0 Å². The molecule has 0 aliphatic rings. The molecule has 0 amide bonds. The molecule has 112 valence electrons. The minimum Gasteiger partial charge on any atom is -0.494 e. The largest absolute Gasteiger partial charge is 0.494 e. The Labute approximate surface area is 127 Å². The lowest BCUT2D eigenvalue weighted by Crippen LogP contribution is -1.95. The summed E-state index contributed by atoms with van der Waals surface area (Å²) in [4.78, 5) is 0. The van der Waals surface area contributed by atoms with E-state index in [1.54, 1.807) is 0 Å². The Hall–Kier alpha value is -1.80. The molecule has 0 atom stereocenters. The molecule has 0 aliphatic heterocycles. The third kappa shape index (κ3) is 4.91. The van der Waals surface area contributed by atoms with Gasteiger partial charge in [-0.1, -0.05) is 49.7 Å². The van der Waals surface area contributed by atoms with Crippen molar-refractivity contribution < 1.29 is 9.84 Å². The highest BCUT2D eigenvalue weighted by Crippen LogP contribution is 2.23. The molecule has 21 heavy (non-hydrogen) atoms. The molecule has 2 aromatic rings. The zero-order valence-corrected chi connectivity index (χ0v) is 12.7. The summed E-state index contributed by atoms with van der Waals surface area (Å²) in [7, 11) is 0. The summed E-state index contributed by atoms with van der Waals surface area (Å²) in [6, 6.07) is 16.8. The van der Waals surface area contributed by atoms with Gasteiger partial charge in [0.25, 0.3) is 0 Å². The molecular formula is C19H24O2. The van der Waals surface area contributed by atoms with E-state index in [0.29, 0.717) is 0 Å². The molecule has 2 rings (SSSR count). The molecule has 2 aromatic carbocycles. The van der Waals surface area contributed by atoms with Crippen LogP contribution >= 0.6 is 0 Å². The van der Waals surface area contributed by atoms with Crippen LogP contribution < -0.4 is 4.74 Å². The first-order chi connectivity index (χ1) is 10.3. The van der Waals surface area contributed by atoms with E-state index < -0.39 is 0 Å². The van der Waals surface area contributed by atoms with Crippen LogP contribution in [0.5, 0.6) is 5.75 Å². The third-order valence-corrected chi connectivity index (χ3v) is 3.53. The van der Waals surface area contributed by atoms with Crippen molar-refractivity contribution in [3.63, 3.8) is 0 Å². The Morgan fingerprint density at radius 3 is 2.05 bits per heavy atom. The first-order valence-corrected chi connectivity index (χ1v) is 7.76. The van der Waals surface area contributed by atoms with Crippen molar-refractivity contribution >= 4 is 0 Å². The van der Waals surface area contributed by atoms with Crippen LogP contribution in [0.25, 0.3) is 11.1 Å². The topological polar surface area (TPSA) is 29.5 Å². The van der Waals surface area contributed by atoms with Crippen molar-refractivity contribution in [2.45, 2.75) is 32.6 Å². The van der Waals surface area contributed by atoms with Crippen molar-refractivity contribution in [2.75, 3.05) is 13.2 Å². The van der Waals surface area contributed by atoms with Crippen LogP contribution in [0.1, 0.15) is 31.7 Å². The van der Waals surface area contributed by atoms with E-state index in [4.69, 9.17) is 9.84 Å². The summed E-state index contributed by atoms with van der Waals surface area (Å²) >= 11 is 0. The van der Waals surface area contributed by atoms with Gasteiger partial charge in [0, 0.05) is 6.61 Å². The lowest BCUT2D eigenvalue weighted by molar-refractivity contribution is 0.288. The van der Waals surface area contributed by atoms with Crippen LogP contribution in [0, 0.1) is 0 Å². The summed E-state index contributed by atoms with van der Waals surface area (Å²) in [5.41, 5.74) is 3.68. The summed E-state index contributed by atoms with van der Waals surface area (Å²) < 4.78 is 5.68. The van der Waals surface area contributed by atoms with Crippen LogP contribution in [0.3, 0.4) is 0 Å². The molecule has 0 bridgehead atoms. The number of benzene rings is 2. The quantitative estimate of drug-likeness (QED) is 0.725. The molecule has 1 N–H and O–H groups in total. The van der Waals surface area contributed by atoms with Gasteiger partial charge < -0.3 is 9.84 Å².